The molecule has 0 saturated heterocycles. The van der Waals surface area contributed by atoms with Crippen molar-refractivity contribution in [3.63, 3.8) is 0 Å². The highest BCUT2D eigenvalue weighted by Gasteiger charge is 2.06. The van der Waals surface area contributed by atoms with E-state index in [-0.39, 0.29) is 11.5 Å². The zero-order chi connectivity index (χ0) is 18.3. The van der Waals surface area contributed by atoms with Crippen LogP contribution in [0, 0.1) is 0 Å². The Hall–Kier alpha value is -2.45. The van der Waals surface area contributed by atoms with Gasteiger partial charge < -0.3 is 5.11 Å². The lowest BCUT2D eigenvalue weighted by Crippen LogP contribution is -2.33. The second-order valence-electron chi connectivity index (χ2n) is 5.65. The number of anilines is 1. The molecule has 2 aromatic rings. The lowest BCUT2D eigenvalue weighted by molar-refractivity contribution is -0.697. The lowest BCUT2D eigenvalue weighted by Gasteiger charge is -2.12. The molecule has 0 unspecified atom stereocenters. The van der Waals surface area contributed by atoms with Crippen LogP contribution in [0.25, 0.3) is 0 Å². The average Bonchev–Trinajstić information content (AvgIpc) is 2.57. The number of hydrogen-bond donors (Lipinski definition) is 2. The van der Waals surface area contributed by atoms with E-state index in [1.54, 1.807) is 35.5 Å². The van der Waals surface area contributed by atoms with Gasteiger partial charge in [0.15, 0.2) is 12.4 Å². The third kappa shape index (κ3) is 6.90. The van der Waals surface area contributed by atoms with Crippen molar-refractivity contribution in [2.75, 3.05) is 17.8 Å². The Labute approximate surface area is 147 Å². The summed E-state index contributed by atoms with van der Waals surface area (Å²) in [5.74, 6) is -0.00852. The summed E-state index contributed by atoms with van der Waals surface area (Å²) < 4.78 is 32.1. The summed E-state index contributed by atoms with van der Waals surface area (Å²) in [6.45, 7) is 0.658. The highest BCUT2D eigenvalue weighted by Crippen LogP contribution is 2.17. The Morgan fingerprint density at radius 1 is 1.20 bits per heavy atom. The van der Waals surface area contributed by atoms with E-state index in [0.29, 0.717) is 19.4 Å². The minimum atomic E-state index is -3.89. The first-order chi connectivity index (χ1) is 11.8. The fourth-order valence-electron chi connectivity index (χ4n) is 2.22. The fraction of sp³-hybridized carbons (Fsp3) is 0.294. The molecule has 7 nitrogen and oxygen atoms in total. The molecule has 2 rings (SSSR count). The number of pyridine rings is 1. The van der Waals surface area contributed by atoms with E-state index in [1.165, 1.54) is 0 Å². The highest BCUT2D eigenvalue weighted by molar-refractivity contribution is 7.85. The molecule has 0 radical (unpaired) electrons. The predicted octanol–water partition coefficient (Wildman–Crippen LogP) is 1.82. The van der Waals surface area contributed by atoms with Crippen LogP contribution >= 0.6 is 0 Å². The number of phenolic OH excluding ortho intramolecular Hbond substituents is 1. The van der Waals surface area contributed by atoms with Gasteiger partial charge in [0.1, 0.15) is 12.3 Å². The summed E-state index contributed by atoms with van der Waals surface area (Å²) in [4.78, 5) is 0. The standard InChI is InChI=1S/C17H21N3O4S/c1-19(16-6-8-17(21)9-7-16)18-13-15-5-4-11-20(14-15)10-2-3-12-25(22,23)24/h4-9,11,13-14H,2-3,10,12H2,1H3,(H-,21,22,23,24)/p+1. The first-order valence-electron chi connectivity index (χ1n) is 7.84. The minimum Gasteiger partial charge on any atom is -0.508 e. The molecule has 8 heteroatoms. The van der Waals surface area contributed by atoms with E-state index >= 15 is 0 Å². The number of hydrogen-bond acceptors (Lipinski definition) is 5. The van der Waals surface area contributed by atoms with Crippen LogP contribution in [0.3, 0.4) is 0 Å². The average molecular weight is 364 g/mol. The maximum absolute atomic E-state index is 10.7. The van der Waals surface area contributed by atoms with Crippen molar-refractivity contribution in [2.24, 2.45) is 5.10 Å². The van der Waals surface area contributed by atoms with Crippen LogP contribution in [0.15, 0.2) is 53.9 Å². The molecule has 0 saturated carbocycles. The van der Waals surface area contributed by atoms with Crippen LogP contribution in [-0.4, -0.2) is 37.1 Å². The van der Waals surface area contributed by atoms with Crippen LogP contribution < -0.4 is 9.58 Å². The molecular weight excluding hydrogens is 342 g/mol. The van der Waals surface area contributed by atoms with Crippen LogP contribution in [-0.2, 0) is 16.7 Å². The molecule has 0 bridgehead atoms. The van der Waals surface area contributed by atoms with E-state index in [0.717, 1.165) is 11.3 Å². The number of unbranched alkanes of at least 4 members (excludes halogenated alkanes) is 1. The van der Waals surface area contributed by atoms with Gasteiger partial charge in [-0.1, -0.05) is 0 Å². The first kappa shape index (κ1) is 18.9. The SMILES string of the molecule is CN(N=Cc1ccc[n+](CCCCS(=O)(=O)O)c1)c1ccc(O)cc1. The molecule has 134 valence electrons. The van der Waals surface area contributed by atoms with Crippen molar-refractivity contribution in [3.05, 3.63) is 54.4 Å². The quantitative estimate of drug-likeness (QED) is 0.245. The molecule has 0 aliphatic rings. The van der Waals surface area contributed by atoms with Gasteiger partial charge in [-0.2, -0.15) is 13.5 Å². The Morgan fingerprint density at radius 2 is 1.92 bits per heavy atom. The largest absolute Gasteiger partial charge is 0.508 e. The van der Waals surface area contributed by atoms with Crippen molar-refractivity contribution in [1.29, 1.82) is 0 Å². The number of aryl methyl sites for hydroxylation is 1. The van der Waals surface area contributed by atoms with Crippen LogP contribution in [0.4, 0.5) is 5.69 Å². The van der Waals surface area contributed by atoms with Crippen molar-refractivity contribution in [3.8, 4) is 5.75 Å². The summed E-state index contributed by atoms with van der Waals surface area (Å²) in [5, 5.41) is 15.4. The minimum absolute atomic E-state index is 0.208. The van der Waals surface area contributed by atoms with Gasteiger partial charge in [-0.15, -0.1) is 0 Å². The van der Waals surface area contributed by atoms with E-state index in [4.69, 9.17) is 4.55 Å². The number of nitrogens with zero attached hydrogens (tertiary/aromatic N) is 3. The van der Waals surface area contributed by atoms with Gasteiger partial charge in [0, 0.05) is 19.5 Å². The van der Waals surface area contributed by atoms with Gasteiger partial charge in [0.05, 0.1) is 23.2 Å². The van der Waals surface area contributed by atoms with E-state index in [2.05, 4.69) is 5.10 Å². The molecule has 0 atom stereocenters. The van der Waals surface area contributed by atoms with Gasteiger partial charge >= 0.3 is 0 Å². The smallest absolute Gasteiger partial charge is 0.264 e. The van der Waals surface area contributed by atoms with Crippen molar-refractivity contribution < 1.29 is 22.6 Å². The number of benzene rings is 1. The molecule has 0 spiro atoms. The van der Waals surface area contributed by atoms with Gasteiger partial charge in [-0.25, -0.2) is 4.57 Å². The van der Waals surface area contributed by atoms with Gasteiger partial charge in [-0.3, -0.25) is 9.56 Å². The second-order valence-corrected chi connectivity index (χ2v) is 7.22. The summed E-state index contributed by atoms with van der Waals surface area (Å²) in [6.07, 6.45) is 6.60. The van der Waals surface area contributed by atoms with Crippen LogP contribution in [0.1, 0.15) is 18.4 Å². The Balaban J connectivity index is 1.92. The molecule has 1 aromatic heterocycles. The molecule has 0 fully saturated rings. The van der Waals surface area contributed by atoms with Crippen molar-refractivity contribution >= 4 is 22.0 Å². The van der Waals surface area contributed by atoms with Gasteiger partial charge in [0.2, 0.25) is 0 Å². The number of aromatic nitrogens is 1. The zero-order valence-corrected chi connectivity index (χ0v) is 14.8. The maximum atomic E-state index is 10.7. The number of phenols is 1. The fourth-order valence-corrected chi connectivity index (χ4v) is 2.79. The van der Waals surface area contributed by atoms with Crippen molar-refractivity contribution in [1.82, 2.24) is 0 Å². The Morgan fingerprint density at radius 3 is 2.60 bits per heavy atom. The molecule has 0 aliphatic heterocycles. The van der Waals surface area contributed by atoms with Crippen LogP contribution in [0.2, 0.25) is 0 Å². The number of rotatable bonds is 8. The second kappa shape index (κ2) is 8.59. The summed E-state index contributed by atoms with van der Waals surface area (Å²) in [6, 6.07) is 10.6. The Bertz CT molecular complexity index is 820. The summed E-state index contributed by atoms with van der Waals surface area (Å²) in [7, 11) is -2.07. The molecule has 2 N–H and O–H groups in total. The maximum Gasteiger partial charge on any atom is 0.264 e. The van der Waals surface area contributed by atoms with E-state index < -0.39 is 10.1 Å². The molecular formula is C17H22N3O4S+. The first-order valence-corrected chi connectivity index (χ1v) is 9.45. The number of aromatic hydroxyl groups is 1. The van der Waals surface area contributed by atoms with Crippen LogP contribution in [0.5, 0.6) is 5.75 Å². The van der Waals surface area contributed by atoms with Gasteiger partial charge in [0.25, 0.3) is 10.1 Å². The number of hydrazone groups is 1. The molecule has 0 amide bonds. The lowest BCUT2D eigenvalue weighted by atomic mass is 10.3. The third-order valence-electron chi connectivity index (χ3n) is 3.55. The molecule has 0 aliphatic carbocycles. The monoisotopic (exact) mass is 364 g/mol. The predicted molar refractivity (Wildman–Crippen MR) is 96.4 cm³/mol. The zero-order valence-electron chi connectivity index (χ0n) is 14.0. The summed E-state index contributed by atoms with van der Waals surface area (Å²) in [5.41, 5.74) is 1.76. The van der Waals surface area contributed by atoms with Crippen molar-refractivity contribution in [2.45, 2.75) is 19.4 Å². The van der Waals surface area contributed by atoms with E-state index in [1.807, 2.05) is 36.1 Å². The third-order valence-corrected chi connectivity index (χ3v) is 4.36. The van der Waals surface area contributed by atoms with E-state index in [9.17, 15) is 13.5 Å². The Kier molecular flexibility index (Phi) is 6.49. The summed E-state index contributed by atoms with van der Waals surface area (Å²) >= 11 is 0. The molecule has 1 heterocycles. The highest BCUT2D eigenvalue weighted by atomic mass is 32.2. The normalized spacial score (nSPS) is 11.8. The molecule has 25 heavy (non-hydrogen) atoms. The topological polar surface area (TPSA) is 94.1 Å². The molecule has 1 aromatic carbocycles. The van der Waals surface area contributed by atoms with Gasteiger partial charge in [-0.05, 0) is 36.8 Å².